The maximum atomic E-state index is 13.2. The number of alkyl carbamates (subject to hydrolysis) is 2. The molecule has 0 aliphatic heterocycles. The lowest BCUT2D eigenvalue weighted by molar-refractivity contribution is -0.141. The number of carbonyl (C=O) groups is 5. The van der Waals surface area contributed by atoms with E-state index in [2.05, 4.69) is 10.6 Å². The van der Waals surface area contributed by atoms with Crippen molar-refractivity contribution in [2.24, 2.45) is 11.3 Å². The maximum absolute atomic E-state index is 13.2. The number of rotatable bonds is 10. The first-order valence-corrected chi connectivity index (χ1v) is 16.2. The zero-order valence-corrected chi connectivity index (χ0v) is 32.0. The van der Waals surface area contributed by atoms with Crippen molar-refractivity contribution in [3.05, 3.63) is 47.5 Å². The number of carboxylic acids is 1. The number of hydrogen-bond donors (Lipinski definition) is 3. The number of allylic oxidation sites excluding steroid dienone is 1. The van der Waals surface area contributed by atoms with Gasteiger partial charge in [-0.1, -0.05) is 84.9 Å². The zero-order valence-electron chi connectivity index (χ0n) is 32.0. The fourth-order valence-corrected chi connectivity index (χ4v) is 4.56. The normalized spacial score (nSPS) is 14.4. The quantitative estimate of drug-likeness (QED) is 0.227. The summed E-state index contributed by atoms with van der Waals surface area (Å²) in [5.74, 6) is -1.24. The number of Topliss-reactive ketones (excluding diaryl/α,β-unsaturated/α-hetero) is 1. The van der Waals surface area contributed by atoms with Gasteiger partial charge >= 0.3 is 18.2 Å². The molecule has 3 N–H and O–H groups in total. The van der Waals surface area contributed by atoms with Crippen molar-refractivity contribution in [2.75, 3.05) is 7.05 Å². The predicted molar refractivity (Wildman–Crippen MR) is 189 cm³/mol. The number of carbonyl (C=O) groups excluding carboxylic acids is 4. The number of benzene rings is 1. The zero-order chi connectivity index (χ0) is 38.0. The van der Waals surface area contributed by atoms with Gasteiger partial charge in [0.1, 0.15) is 23.3 Å². The Labute approximate surface area is 288 Å². The largest absolute Gasteiger partial charge is 0.480 e. The van der Waals surface area contributed by atoms with Crippen LogP contribution in [0.2, 0.25) is 0 Å². The van der Waals surface area contributed by atoms with Crippen LogP contribution in [0.5, 0.6) is 0 Å². The van der Waals surface area contributed by atoms with E-state index in [1.54, 1.807) is 74.3 Å². The molecule has 0 unspecified atom stereocenters. The van der Waals surface area contributed by atoms with Gasteiger partial charge in [-0.15, -0.1) is 0 Å². The van der Waals surface area contributed by atoms with Crippen molar-refractivity contribution >= 4 is 29.8 Å². The lowest BCUT2D eigenvalue weighted by atomic mass is 9.77. The first-order chi connectivity index (χ1) is 21.5. The molecule has 272 valence electrons. The molecular weight excluding hydrogens is 614 g/mol. The first kappa shape index (κ1) is 44.1. The fourth-order valence-electron chi connectivity index (χ4n) is 4.56. The third kappa shape index (κ3) is 15.3. The summed E-state index contributed by atoms with van der Waals surface area (Å²) < 4.78 is 10.5. The van der Waals surface area contributed by atoms with E-state index in [1.807, 2.05) is 71.0 Å². The summed E-state index contributed by atoms with van der Waals surface area (Å²) in [5.41, 5.74) is -1.17. The van der Waals surface area contributed by atoms with E-state index < -0.39 is 52.3 Å². The summed E-state index contributed by atoms with van der Waals surface area (Å²) in [6.07, 6.45) is 0.456. The highest BCUT2D eigenvalue weighted by atomic mass is 16.6. The summed E-state index contributed by atoms with van der Waals surface area (Å²) in [4.78, 5) is 62.1. The molecule has 48 heavy (non-hydrogen) atoms. The molecule has 3 atom stereocenters. The summed E-state index contributed by atoms with van der Waals surface area (Å²) in [7, 11) is 1.70. The van der Waals surface area contributed by atoms with Crippen molar-refractivity contribution in [3.63, 3.8) is 0 Å². The number of likely N-dealkylation sites (N-methyl/N-ethyl adjacent to an activating group) is 1. The number of hydrogen-bond acceptors (Lipinski definition) is 7. The van der Waals surface area contributed by atoms with E-state index >= 15 is 0 Å². The van der Waals surface area contributed by atoms with Gasteiger partial charge in [-0.3, -0.25) is 9.59 Å². The number of ketones is 1. The number of carboxylic acid groups (broad SMARTS) is 1. The molecule has 1 aromatic rings. The van der Waals surface area contributed by atoms with Gasteiger partial charge in [0.15, 0.2) is 5.78 Å². The Morgan fingerprint density at radius 1 is 0.750 bits per heavy atom. The van der Waals surface area contributed by atoms with Crippen LogP contribution in [0.4, 0.5) is 9.59 Å². The van der Waals surface area contributed by atoms with E-state index in [0.717, 1.165) is 5.56 Å². The number of amides is 3. The van der Waals surface area contributed by atoms with Crippen molar-refractivity contribution in [3.8, 4) is 0 Å². The van der Waals surface area contributed by atoms with Crippen LogP contribution in [0.3, 0.4) is 0 Å². The highest BCUT2D eigenvalue weighted by Crippen LogP contribution is 2.28. The summed E-state index contributed by atoms with van der Waals surface area (Å²) in [6, 6.07) is 7.11. The average Bonchev–Trinajstić information content (AvgIpc) is 2.90. The minimum Gasteiger partial charge on any atom is -0.480 e. The van der Waals surface area contributed by atoms with Crippen LogP contribution in [0.15, 0.2) is 42.0 Å². The summed E-state index contributed by atoms with van der Waals surface area (Å²) >= 11 is 0. The van der Waals surface area contributed by atoms with Crippen LogP contribution in [0, 0.1) is 11.3 Å². The molecule has 0 heterocycles. The molecule has 3 amide bonds. The maximum Gasteiger partial charge on any atom is 0.408 e. The number of ether oxygens (including phenoxy) is 2. The molecule has 0 saturated heterocycles. The van der Waals surface area contributed by atoms with E-state index in [9.17, 15) is 29.1 Å². The van der Waals surface area contributed by atoms with E-state index in [4.69, 9.17) is 9.47 Å². The molecule has 0 saturated carbocycles. The molecule has 0 aromatic heterocycles. The Balaban J connectivity index is 0.000000947. The van der Waals surface area contributed by atoms with Crippen LogP contribution < -0.4 is 10.6 Å². The van der Waals surface area contributed by atoms with Crippen LogP contribution in [0.1, 0.15) is 109 Å². The van der Waals surface area contributed by atoms with Crippen molar-refractivity contribution in [1.29, 1.82) is 0 Å². The Kier molecular flexibility index (Phi) is 16.1. The van der Waals surface area contributed by atoms with Gasteiger partial charge in [-0.25, -0.2) is 14.4 Å². The standard InChI is InChI=1S/C21H38N2O4.C16H23NO4/c1-13(2)16(12-14(3)15(4)24)23(11)18(25)17(20(5,6)7)22-19(26)27-21(8,9)10;1-15(2,3)21-14(20)17-12(13(18)19)16(4,5)11-9-7-6-8-10-11/h12-13,16-17H,1-11H3,(H,22,26);6-10,12H,1-5H3,(H,17,20)(H,18,19)/b14-12+;/t16-,17-;12-/m11/s1. The van der Waals surface area contributed by atoms with Gasteiger partial charge in [0, 0.05) is 12.5 Å². The molecule has 1 aromatic carbocycles. The van der Waals surface area contributed by atoms with Gasteiger partial charge in [-0.05, 0) is 77.9 Å². The second kappa shape index (κ2) is 17.5. The second-order valence-electron chi connectivity index (χ2n) is 16.0. The van der Waals surface area contributed by atoms with Gasteiger partial charge in [-0.2, -0.15) is 0 Å². The smallest absolute Gasteiger partial charge is 0.408 e. The number of nitrogens with one attached hydrogen (secondary N) is 2. The van der Waals surface area contributed by atoms with Crippen molar-refractivity contribution in [1.82, 2.24) is 15.5 Å². The van der Waals surface area contributed by atoms with Gasteiger partial charge < -0.3 is 30.1 Å². The first-order valence-electron chi connectivity index (χ1n) is 16.2. The average molecular weight is 676 g/mol. The molecule has 11 heteroatoms. The molecule has 0 spiro atoms. The summed E-state index contributed by atoms with van der Waals surface area (Å²) in [6.45, 7) is 27.0. The molecule has 1 rings (SSSR count). The minimum absolute atomic E-state index is 0.0271. The monoisotopic (exact) mass is 675 g/mol. The lowest BCUT2D eigenvalue weighted by Gasteiger charge is -2.37. The Bertz CT molecular complexity index is 1280. The van der Waals surface area contributed by atoms with Gasteiger partial charge in [0.25, 0.3) is 0 Å². The highest BCUT2D eigenvalue weighted by molar-refractivity contribution is 5.93. The third-order valence-electron chi connectivity index (χ3n) is 7.38. The lowest BCUT2D eigenvalue weighted by Crippen LogP contribution is -2.56. The minimum atomic E-state index is -1.10. The molecule has 0 aliphatic carbocycles. The van der Waals surface area contributed by atoms with Crippen LogP contribution in [0.25, 0.3) is 0 Å². The Morgan fingerprint density at radius 3 is 1.50 bits per heavy atom. The predicted octanol–water partition coefficient (Wildman–Crippen LogP) is 6.89. The molecule has 0 radical (unpaired) electrons. The number of aliphatic carboxylic acids is 1. The number of nitrogens with zero attached hydrogens (tertiary/aromatic N) is 1. The van der Waals surface area contributed by atoms with Crippen LogP contribution >= 0.6 is 0 Å². The van der Waals surface area contributed by atoms with Crippen LogP contribution in [-0.2, 0) is 29.3 Å². The molecule has 0 fully saturated rings. The molecule has 0 bridgehead atoms. The second-order valence-corrected chi connectivity index (χ2v) is 16.0. The van der Waals surface area contributed by atoms with E-state index in [-0.39, 0.29) is 23.7 Å². The molecule has 11 nitrogen and oxygen atoms in total. The topological polar surface area (TPSA) is 151 Å². The Morgan fingerprint density at radius 2 is 1.17 bits per heavy atom. The molecular formula is C37H61N3O8. The summed E-state index contributed by atoms with van der Waals surface area (Å²) in [5, 5.41) is 14.6. The third-order valence-corrected chi connectivity index (χ3v) is 7.38. The van der Waals surface area contributed by atoms with Gasteiger partial charge in [0.05, 0.1) is 6.04 Å². The van der Waals surface area contributed by atoms with E-state index in [0.29, 0.717) is 5.57 Å². The van der Waals surface area contributed by atoms with Crippen molar-refractivity contribution < 1.29 is 38.6 Å². The Hall–Kier alpha value is -3.89. The fraction of sp³-hybridized carbons (Fsp3) is 0.649. The highest BCUT2D eigenvalue weighted by Gasteiger charge is 2.39. The van der Waals surface area contributed by atoms with Gasteiger partial charge in [0.2, 0.25) is 5.91 Å². The SMILES string of the molecule is CC(=O)/C(C)=C/[C@H](C(C)C)N(C)C(=O)[C@@H](NC(=O)OC(C)(C)C)C(C)(C)C.CC(C)(C)OC(=O)N[C@H](C(=O)O)C(C)(C)c1ccccc1. The molecule has 0 aliphatic rings. The van der Waals surface area contributed by atoms with E-state index in [1.165, 1.54) is 6.92 Å². The van der Waals surface area contributed by atoms with Crippen LogP contribution in [-0.4, -0.2) is 76.2 Å². The van der Waals surface area contributed by atoms with Crippen molar-refractivity contribution in [2.45, 2.75) is 139 Å².